The second-order valence-corrected chi connectivity index (χ2v) is 7.11. The zero-order valence-corrected chi connectivity index (χ0v) is 16.1. The third kappa shape index (κ3) is 4.68. The Kier molecular flexibility index (Phi) is 7.29. The Morgan fingerprint density at radius 2 is 1.96 bits per heavy atom. The van der Waals surface area contributed by atoms with Crippen LogP contribution in [0.3, 0.4) is 0 Å². The van der Waals surface area contributed by atoms with Crippen LogP contribution in [-0.4, -0.2) is 53.5 Å². The minimum atomic E-state index is -0.169. The van der Waals surface area contributed by atoms with Crippen LogP contribution in [0.5, 0.6) is 0 Å². The van der Waals surface area contributed by atoms with Crippen molar-refractivity contribution in [2.24, 2.45) is 5.73 Å². The maximum atomic E-state index is 12.5. The molecule has 3 amide bonds. The van der Waals surface area contributed by atoms with Gasteiger partial charge in [0.2, 0.25) is 5.91 Å². The Balaban J connectivity index is 0.00000243. The molecule has 1 fully saturated rings. The Bertz CT molecular complexity index is 638. The summed E-state index contributed by atoms with van der Waals surface area (Å²) in [5.41, 5.74) is 8.51. The number of nitrogens with zero attached hydrogens (tertiary/aromatic N) is 2. The van der Waals surface area contributed by atoms with Gasteiger partial charge in [0, 0.05) is 31.7 Å². The highest BCUT2D eigenvalue weighted by atomic mass is 35.5. The molecule has 0 aliphatic carbocycles. The number of urea groups is 1. The zero-order chi connectivity index (χ0) is 17.8. The second-order valence-electron chi connectivity index (χ2n) is 7.11. The molecule has 26 heavy (non-hydrogen) atoms. The predicted molar refractivity (Wildman–Crippen MR) is 104 cm³/mol. The highest BCUT2D eigenvalue weighted by molar-refractivity contribution is 5.85. The van der Waals surface area contributed by atoms with Gasteiger partial charge in [0.25, 0.3) is 0 Å². The van der Waals surface area contributed by atoms with E-state index >= 15 is 0 Å². The van der Waals surface area contributed by atoms with Crippen LogP contribution in [0.4, 0.5) is 4.79 Å². The summed E-state index contributed by atoms with van der Waals surface area (Å²) >= 11 is 0. The molecule has 7 heteroatoms. The van der Waals surface area contributed by atoms with Crippen LogP contribution in [0.25, 0.3) is 0 Å². The molecule has 2 atom stereocenters. The van der Waals surface area contributed by atoms with Crippen LogP contribution >= 0.6 is 12.4 Å². The predicted octanol–water partition coefficient (Wildman–Crippen LogP) is 1.90. The first-order chi connectivity index (χ1) is 12.1. The van der Waals surface area contributed by atoms with Crippen LogP contribution in [0.2, 0.25) is 0 Å². The average Bonchev–Trinajstić information content (AvgIpc) is 2.65. The van der Waals surface area contributed by atoms with Crippen LogP contribution in [0.15, 0.2) is 24.3 Å². The molecule has 0 saturated carbocycles. The molecule has 2 aliphatic heterocycles. The summed E-state index contributed by atoms with van der Waals surface area (Å²) in [6.07, 6.45) is 3.91. The van der Waals surface area contributed by atoms with E-state index in [0.717, 1.165) is 32.2 Å². The fourth-order valence-electron chi connectivity index (χ4n) is 3.85. The smallest absolute Gasteiger partial charge is 0.318 e. The Morgan fingerprint density at radius 1 is 1.23 bits per heavy atom. The summed E-state index contributed by atoms with van der Waals surface area (Å²) in [7, 11) is 0. The van der Waals surface area contributed by atoms with Crippen molar-refractivity contribution in [3.05, 3.63) is 35.4 Å². The van der Waals surface area contributed by atoms with Gasteiger partial charge < -0.3 is 20.9 Å². The van der Waals surface area contributed by atoms with E-state index in [4.69, 9.17) is 5.73 Å². The van der Waals surface area contributed by atoms with Gasteiger partial charge in [-0.15, -0.1) is 12.4 Å². The van der Waals surface area contributed by atoms with Gasteiger partial charge in [0.05, 0.1) is 6.54 Å². The number of benzene rings is 1. The number of nitrogens with one attached hydrogen (secondary N) is 1. The van der Waals surface area contributed by atoms with E-state index in [0.29, 0.717) is 13.1 Å². The van der Waals surface area contributed by atoms with Crippen LogP contribution in [-0.2, 0) is 17.8 Å². The first kappa shape index (κ1) is 20.5. The quantitative estimate of drug-likeness (QED) is 0.840. The van der Waals surface area contributed by atoms with Gasteiger partial charge in [0.15, 0.2) is 0 Å². The molecule has 0 radical (unpaired) electrons. The lowest BCUT2D eigenvalue weighted by Crippen LogP contribution is -2.55. The molecule has 2 unspecified atom stereocenters. The molecule has 0 spiro atoms. The third-order valence-corrected chi connectivity index (χ3v) is 5.29. The van der Waals surface area contributed by atoms with Crippen molar-refractivity contribution in [1.82, 2.24) is 15.1 Å². The van der Waals surface area contributed by atoms with E-state index in [1.807, 2.05) is 24.0 Å². The summed E-state index contributed by atoms with van der Waals surface area (Å²) in [6, 6.07) is 8.06. The van der Waals surface area contributed by atoms with Gasteiger partial charge in [-0.25, -0.2) is 4.79 Å². The summed E-state index contributed by atoms with van der Waals surface area (Å²) in [5.74, 6) is -0.0345. The fourth-order valence-corrected chi connectivity index (χ4v) is 3.85. The number of nitrogens with two attached hydrogens (primary N) is 1. The third-order valence-electron chi connectivity index (χ3n) is 5.29. The van der Waals surface area contributed by atoms with Gasteiger partial charge in [-0.2, -0.15) is 0 Å². The monoisotopic (exact) mass is 380 g/mol. The average molecular weight is 381 g/mol. The fraction of sp³-hybridized carbons (Fsp3) is 0.579. The second kappa shape index (κ2) is 9.24. The lowest BCUT2D eigenvalue weighted by molar-refractivity contribution is -0.134. The van der Waals surface area contributed by atoms with Crippen molar-refractivity contribution in [1.29, 1.82) is 0 Å². The molecule has 2 heterocycles. The Labute approximate surface area is 161 Å². The lowest BCUT2D eigenvalue weighted by atomic mass is 9.97. The minimum Gasteiger partial charge on any atom is -0.337 e. The number of carbonyl (C=O) groups is 2. The van der Waals surface area contributed by atoms with Gasteiger partial charge >= 0.3 is 6.03 Å². The highest BCUT2D eigenvalue weighted by Gasteiger charge is 2.29. The molecule has 144 valence electrons. The van der Waals surface area contributed by atoms with Gasteiger partial charge in [-0.05, 0) is 43.7 Å². The number of carbonyl (C=O) groups excluding carboxylic acids is 2. The van der Waals surface area contributed by atoms with Crippen molar-refractivity contribution >= 4 is 24.3 Å². The molecule has 3 N–H and O–H groups in total. The molecule has 1 aromatic carbocycles. The van der Waals surface area contributed by atoms with Gasteiger partial charge in [-0.1, -0.05) is 24.3 Å². The van der Waals surface area contributed by atoms with Crippen LogP contribution < -0.4 is 11.1 Å². The Hall–Kier alpha value is -1.79. The topological polar surface area (TPSA) is 78.7 Å². The maximum absolute atomic E-state index is 12.5. The number of piperidine rings is 1. The van der Waals surface area contributed by atoms with Crippen molar-refractivity contribution in [2.75, 3.05) is 19.6 Å². The van der Waals surface area contributed by atoms with Gasteiger partial charge in [-0.3, -0.25) is 4.79 Å². The van der Waals surface area contributed by atoms with Crippen LogP contribution in [0, 0.1) is 0 Å². The lowest BCUT2D eigenvalue weighted by Gasteiger charge is -2.38. The van der Waals surface area contributed by atoms with E-state index in [2.05, 4.69) is 17.4 Å². The summed E-state index contributed by atoms with van der Waals surface area (Å²) in [6.45, 7) is 4.00. The largest absolute Gasteiger partial charge is 0.337 e. The molecule has 1 saturated heterocycles. The van der Waals surface area contributed by atoms with E-state index in [-0.39, 0.29) is 43.0 Å². The van der Waals surface area contributed by atoms with Crippen molar-refractivity contribution < 1.29 is 9.59 Å². The van der Waals surface area contributed by atoms with E-state index in [1.165, 1.54) is 11.1 Å². The standard InChI is InChI=1S/C19H28N4O2.ClH/c1-14(20)17-8-4-5-10-23(17)18(24)12-21-19(25)22-11-9-15-6-2-3-7-16(15)13-22;/h2-3,6-7,14,17H,4-5,8-13,20H2,1H3,(H,21,25);1H. The molecule has 2 aliphatic rings. The normalized spacial score (nSPS) is 20.6. The number of halogens is 1. The first-order valence-corrected chi connectivity index (χ1v) is 9.21. The molecule has 0 aromatic heterocycles. The number of rotatable bonds is 3. The van der Waals surface area contributed by atoms with Crippen LogP contribution in [0.1, 0.15) is 37.3 Å². The molecule has 1 aromatic rings. The first-order valence-electron chi connectivity index (χ1n) is 9.21. The molecular weight excluding hydrogens is 352 g/mol. The summed E-state index contributed by atoms with van der Waals surface area (Å²) in [5, 5.41) is 2.79. The molecule has 0 bridgehead atoms. The number of amides is 3. The van der Waals surface area contributed by atoms with E-state index in [1.54, 1.807) is 4.90 Å². The Morgan fingerprint density at radius 3 is 2.69 bits per heavy atom. The zero-order valence-electron chi connectivity index (χ0n) is 15.3. The van der Waals surface area contributed by atoms with E-state index in [9.17, 15) is 9.59 Å². The molecule has 6 nitrogen and oxygen atoms in total. The summed E-state index contributed by atoms with van der Waals surface area (Å²) in [4.78, 5) is 28.6. The molecular formula is C19H29ClN4O2. The minimum absolute atomic E-state index is 0. The number of hydrogen-bond acceptors (Lipinski definition) is 3. The van der Waals surface area contributed by atoms with E-state index < -0.39 is 0 Å². The number of fused-ring (bicyclic) bond motifs is 1. The number of hydrogen-bond donors (Lipinski definition) is 2. The number of likely N-dealkylation sites (tertiary alicyclic amines) is 1. The SMILES string of the molecule is CC(N)C1CCCCN1C(=O)CNC(=O)N1CCc2ccccc2C1.Cl. The highest BCUT2D eigenvalue weighted by Crippen LogP contribution is 2.20. The molecule has 3 rings (SSSR count). The van der Waals surface area contributed by atoms with Crippen molar-refractivity contribution in [3.8, 4) is 0 Å². The van der Waals surface area contributed by atoms with Crippen molar-refractivity contribution in [2.45, 2.75) is 51.2 Å². The van der Waals surface area contributed by atoms with Gasteiger partial charge in [0.1, 0.15) is 0 Å². The maximum Gasteiger partial charge on any atom is 0.318 e. The van der Waals surface area contributed by atoms with Crippen molar-refractivity contribution in [3.63, 3.8) is 0 Å². The summed E-state index contributed by atoms with van der Waals surface area (Å²) < 4.78 is 0.